The van der Waals surface area contributed by atoms with Gasteiger partial charge in [-0.3, -0.25) is 28.7 Å². The van der Waals surface area contributed by atoms with Crippen LogP contribution in [0, 0.1) is 33.1 Å². The Hall–Kier alpha value is -5.37. The first-order chi connectivity index (χ1) is 32.9. The van der Waals surface area contributed by atoms with Crippen LogP contribution in [0.25, 0.3) is 15.4 Å². The number of aryl methyl sites for hydroxylation is 3. The number of β-amino-alcohol motifs (C(OH)–C–C–N with tert-alkyl or cyclic N) is 1. The molecule has 3 aromatic heterocycles. The molecule has 2 aromatic carbocycles. The molecular formula is C50H61ClN10O6S2. The standard InChI is InChI=1S/C50H61ClN10O6S2/c1-28-30(3)69-49-42(28)43(33-12-14-35(51)15-13-33)55-38(46-58-57-31(4)61(46)49)23-40(63)54-36-16-18-59(19-17-36)20-21-67-26-41(64)56-45(50(5,6)7)48(66)60-25-37(62)22-39(60)47(65)52-24-32-8-10-34(11-9-32)44-29(2)53-27-68-44/h8-15,27,36-39,45,62H,16-26H2,1-7H3,(H,52,65)(H,54,63)(H,56,64)/t37-,38+,39+,45?/m1/s1. The second-order valence-electron chi connectivity index (χ2n) is 19.3. The molecule has 19 heteroatoms. The fraction of sp³-hybridized carbons (Fsp3) is 0.480. The van der Waals surface area contributed by atoms with Crippen molar-refractivity contribution in [1.82, 2.24) is 45.5 Å². The van der Waals surface area contributed by atoms with Crippen LogP contribution in [0.4, 0.5) is 0 Å². The third kappa shape index (κ3) is 11.5. The van der Waals surface area contributed by atoms with Crippen LogP contribution in [0.3, 0.4) is 0 Å². The van der Waals surface area contributed by atoms with Gasteiger partial charge in [0.25, 0.3) is 0 Å². The average Bonchev–Trinajstić information content (AvgIpc) is 4.08. The number of thiophene rings is 1. The van der Waals surface area contributed by atoms with Gasteiger partial charge in [-0.05, 0) is 74.8 Å². The van der Waals surface area contributed by atoms with Crippen molar-refractivity contribution in [3.05, 3.63) is 104 Å². The quantitative estimate of drug-likeness (QED) is 0.0900. The van der Waals surface area contributed by atoms with Gasteiger partial charge in [-0.25, -0.2) is 4.98 Å². The summed E-state index contributed by atoms with van der Waals surface area (Å²) in [6.45, 7) is 16.0. The van der Waals surface area contributed by atoms with Crippen LogP contribution in [0.5, 0.6) is 0 Å². The number of fused-ring (bicyclic) bond motifs is 3. The van der Waals surface area contributed by atoms with Gasteiger partial charge < -0.3 is 35.6 Å². The number of nitrogens with one attached hydrogen (secondary N) is 3. The summed E-state index contributed by atoms with van der Waals surface area (Å²) < 4.78 is 7.85. The van der Waals surface area contributed by atoms with E-state index in [9.17, 15) is 24.3 Å². The van der Waals surface area contributed by atoms with Crippen molar-refractivity contribution in [3.8, 4) is 15.4 Å². The van der Waals surface area contributed by atoms with Gasteiger partial charge in [-0.1, -0.05) is 68.8 Å². The zero-order valence-corrected chi connectivity index (χ0v) is 42.6. The molecular weight excluding hydrogens is 936 g/mol. The van der Waals surface area contributed by atoms with E-state index in [1.807, 2.05) is 93.2 Å². The van der Waals surface area contributed by atoms with Crippen LogP contribution < -0.4 is 16.0 Å². The molecule has 4 N–H and O–H groups in total. The van der Waals surface area contributed by atoms with Gasteiger partial charge in [-0.15, -0.1) is 32.9 Å². The number of hydrogen-bond acceptors (Lipinski definition) is 13. The zero-order valence-electron chi connectivity index (χ0n) is 40.2. The molecule has 366 valence electrons. The van der Waals surface area contributed by atoms with Crippen LogP contribution in [-0.4, -0.2) is 128 Å². The second-order valence-corrected chi connectivity index (χ2v) is 21.8. The molecule has 1 unspecified atom stereocenters. The monoisotopic (exact) mass is 996 g/mol. The number of benzene rings is 2. The fourth-order valence-corrected chi connectivity index (χ4v) is 11.4. The molecule has 4 amide bonds. The van der Waals surface area contributed by atoms with E-state index < -0.39 is 41.5 Å². The maximum atomic E-state index is 14.1. The number of aliphatic imine (C=N–C) groups is 1. The summed E-state index contributed by atoms with van der Waals surface area (Å²) in [6.07, 6.45) is 0.841. The van der Waals surface area contributed by atoms with Gasteiger partial charge in [0.2, 0.25) is 23.6 Å². The van der Waals surface area contributed by atoms with Gasteiger partial charge in [0.1, 0.15) is 35.6 Å². The van der Waals surface area contributed by atoms with Gasteiger partial charge in [0.05, 0.1) is 40.9 Å². The number of aromatic nitrogens is 4. The normalized spacial score (nSPS) is 19.1. The summed E-state index contributed by atoms with van der Waals surface area (Å²) in [7, 11) is 0. The first kappa shape index (κ1) is 50.0. The number of ether oxygens (including phenoxy) is 1. The number of aliphatic hydroxyl groups excluding tert-OH is 1. The summed E-state index contributed by atoms with van der Waals surface area (Å²) in [4.78, 5) is 70.1. The van der Waals surface area contributed by atoms with E-state index in [0.717, 1.165) is 80.9 Å². The van der Waals surface area contributed by atoms with Gasteiger partial charge in [-0.2, -0.15) is 0 Å². The molecule has 3 aliphatic heterocycles. The molecule has 5 aromatic rings. The summed E-state index contributed by atoms with van der Waals surface area (Å²) in [5, 5.41) is 30.3. The maximum absolute atomic E-state index is 14.1. The molecule has 8 rings (SSSR count). The third-order valence-corrected chi connectivity index (χ3v) is 15.6. The van der Waals surface area contributed by atoms with E-state index in [2.05, 4.69) is 49.9 Å². The lowest BCUT2D eigenvalue weighted by Crippen LogP contribution is -2.58. The lowest BCUT2D eigenvalue weighted by molar-refractivity contribution is -0.144. The Kier molecular flexibility index (Phi) is 15.5. The number of aliphatic hydroxyl groups is 1. The van der Waals surface area contributed by atoms with Crippen LogP contribution in [0.15, 0.2) is 59.0 Å². The van der Waals surface area contributed by atoms with E-state index in [-0.39, 0.29) is 50.4 Å². The Labute approximate surface area is 415 Å². The number of halogens is 1. The minimum absolute atomic E-state index is 0.0112. The highest BCUT2D eigenvalue weighted by molar-refractivity contribution is 7.15. The van der Waals surface area contributed by atoms with Crippen molar-refractivity contribution < 1.29 is 29.0 Å². The Bertz CT molecular complexity index is 2700. The van der Waals surface area contributed by atoms with E-state index in [1.54, 1.807) is 22.7 Å². The first-order valence-corrected chi connectivity index (χ1v) is 25.5. The number of rotatable bonds is 15. The molecule has 6 heterocycles. The molecule has 0 aliphatic carbocycles. The number of nitrogens with zero attached hydrogens (tertiary/aromatic N) is 7. The van der Waals surface area contributed by atoms with Crippen LogP contribution in [0.2, 0.25) is 5.02 Å². The van der Waals surface area contributed by atoms with E-state index in [0.29, 0.717) is 24.0 Å². The highest BCUT2D eigenvalue weighted by Gasteiger charge is 2.44. The number of piperidine rings is 1. The number of hydrogen-bond donors (Lipinski definition) is 4. The molecule has 2 fully saturated rings. The molecule has 4 atom stereocenters. The Morgan fingerprint density at radius 3 is 2.35 bits per heavy atom. The van der Waals surface area contributed by atoms with Gasteiger partial charge in [0.15, 0.2) is 5.82 Å². The number of likely N-dealkylation sites (tertiary alicyclic amines) is 2. The molecule has 3 aliphatic rings. The topological polar surface area (TPSA) is 196 Å². The summed E-state index contributed by atoms with van der Waals surface area (Å²) in [5.74, 6) is 0.0135. The summed E-state index contributed by atoms with van der Waals surface area (Å²) in [6, 6.07) is 13.1. The SMILES string of the molecule is Cc1ncsc1-c1ccc(CNC(=O)[C@@H]2C[C@@H](O)CN2C(=O)C(NC(=O)COCCN2CCC(NC(=O)C[C@@H]3N=C(c4ccc(Cl)cc4)c4c(sc(C)c4C)-n4c(C)nnc43)CC2)C(C)(C)C)cc1. The van der Waals surface area contributed by atoms with Crippen molar-refractivity contribution in [3.63, 3.8) is 0 Å². The Morgan fingerprint density at radius 1 is 0.957 bits per heavy atom. The highest BCUT2D eigenvalue weighted by Crippen LogP contribution is 2.40. The van der Waals surface area contributed by atoms with Crippen molar-refractivity contribution >= 4 is 63.6 Å². The number of thiazole rings is 1. The first-order valence-electron chi connectivity index (χ1n) is 23.5. The summed E-state index contributed by atoms with van der Waals surface area (Å²) >= 11 is 9.52. The maximum Gasteiger partial charge on any atom is 0.246 e. The molecule has 0 spiro atoms. The third-order valence-electron chi connectivity index (χ3n) is 13.2. The lowest BCUT2D eigenvalue weighted by Gasteiger charge is -2.35. The van der Waals surface area contributed by atoms with Crippen LogP contribution >= 0.6 is 34.3 Å². The molecule has 2 saturated heterocycles. The highest BCUT2D eigenvalue weighted by atomic mass is 35.5. The van der Waals surface area contributed by atoms with Gasteiger partial charge >= 0.3 is 0 Å². The Morgan fingerprint density at radius 2 is 1.67 bits per heavy atom. The predicted octanol–water partition coefficient (Wildman–Crippen LogP) is 6.03. The van der Waals surface area contributed by atoms with Crippen molar-refractivity contribution in [2.45, 2.75) is 111 Å². The van der Waals surface area contributed by atoms with Crippen LogP contribution in [0.1, 0.15) is 97.0 Å². The molecule has 16 nitrogen and oxygen atoms in total. The minimum atomic E-state index is -0.962. The van der Waals surface area contributed by atoms with E-state index >= 15 is 0 Å². The average molecular weight is 998 g/mol. The zero-order chi connectivity index (χ0) is 49.1. The fourth-order valence-electron chi connectivity index (χ4n) is 9.24. The predicted molar refractivity (Wildman–Crippen MR) is 268 cm³/mol. The van der Waals surface area contributed by atoms with Crippen LogP contribution in [-0.2, 0) is 30.5 Å². The molecule has 0 radical (unpaired) electrons. The molecule has 69 heavy (non-hydrogen) atoms. The van der Waals surface area contributed by atoms with Crippen molar-refractivity contribution in [1.29, 1.82) is 0 Å². The van der Waals surface area contributed by atoms with E-state index in [4.69, 9.17) is 21.3 Å². The minimum Gasteiger partial charge on any atom is -0.391 e. The molecule has 0 bridgehead atoms. The van der Waals surface area contributed by atoms with E-state index in [1.165, 1.54) is 9.78 Å². The number of carbonyl (C=O) groups excluding carboxylic acids is 4. The largest absolute Gasteiger partial charge is 0.391 e. The summed E-state index contributed by atoms with van der Waals surface area (Å²) in [5.41, 5.74) is 7.88. The number of amides is 4. The number of carbonyl (C=O) groups is 4. The van der Waals surface area contributed by atoms with Crippen molar-refractivity contribution in [2.75, 3.05) is 39.4 Å². The van der Waals surface area contributed by atoms with Crippen molar-refractivity contribution in [2.24, 2.45) is 10.4 Å². The second kappa shape index (κ2) is 21.3. The lowest BCUT2D eigenvalue weighted by atomic mass is 9.85. The van der Waals surface area contributed by atoms with Gasteiger partial charge in [0, 0.05) is 66.2 Å². The molecule has 0 saturated carbocycles. The Balaban J connectivity index is 0.791. The smallest absolute Gasteiger partial charge is 0.246 e.